The van der Waals surface area contributed by atoms with Gasteiger partial charge in [-0.2, -0.15) is 4.31 Å². The van der Waals surface area contributed by atoms with Gasteiger partial charge >= 0.3 is 0 Å². The van der Waals surface area contributed by atoms with Crippen LogP contribution in [-0.2, 0) is 16.6 Å². The summed E-state index contributed by atoms with van der Waals surface area (Å²) in [5.74, 6) is -0.128. The Balaban J connectivity index is 2.04. The van der Waals surface area contributed by atoms with Gasteiger partial charge in [-0.05, 0) is 43.0 Å². The minimum Gasteiger partial charge on any atom is -0.347 e. The third-order valence-corrected chi connectivity index (χ3v) is 6.44. The van der Waals surface area contributed by atoms with Crippen LogP contribution in [0.3, 0.4) is 0 Å². The number of benzene rings is 1. The normalized spacial score (nSPS) is 11.9. The SMILES string of the molecule is CC(C)N(C)S(=O)(=O)c1ccc(CNC(=O)c2cccs2)cc1. The van der Waals surface area contributed by atoms with Gasteiger partial charge in [0.05, 0.1) is 9.77 Å². The van der Waals surface area contributed by atoms with E-state index in [4.69, 9.17) is 0 Å². The fourth-order valence-corrected chi connectivity index (χ4v) is 3.91. The average Bonchev–Trinajstić information content (AvgIpc) is 3.06. The van der Waals surface area contributed by atoms with Crippen molar-refractivity contribution in [2.75, 3.05) is 7.05 Å². The summed E-state index contributed by atoms with van der Waals surface area (Å²) in [6.45, 7) is 4.01. The Labute approximate surface area is 141 Å². The number of nitrogens with zero attached hydrogens (tertiary/aromatic N) is 1. The summed E-state index contributed by atoms with van der Waals surface area (Å²) in [5.41, 5.74) is 0.848. The van der Waals surface area contributed by atoms with Crippen LogP contribution < -0.4 is 5.32 Å². The maximum atomic E-state index is 12.4. The first-order chi connectivity index (χ1) is 10.8. The molecule has 0 saturated heterocycles. The zero-order valence-electron chi connectivity index (χ0n) is 13.3. The van der Waals surface area contributed by atoms with E-state index in [1.807, 2.05) is 25.3 Å². The Morgan fingerprint density at radius 1 is 1.22 bits per heavy atom. The molecule has 2 rings (SSSR count). The Kier molecular flexibility index (Phi) is 5.56. The van der Waals surface area contributed by atoms with Crippen LogP contribution in [0, 0.1) is 0 Å². The molecule has 0 aliphatic rings. The number of carbonyl (C=O) groups is 1. The average molecular weight is 352 g/mol. The summed E-state index contributed by atoms with van der Waals surface area (Å²) in [7, 11) is -1.91. The van der Waals surface area contributed by atoms with Gasteiger partial charge in [-0.15, -0.1) is 11.3 Å². The molecular weight excluding hydrogens is 332 g/mol. The van der Waals surface area contributed by atoms with Gasteiger partial charge in [-0.25, -0.2) is 8.42 Å². The highest BCUT2D eigenvalue weighted by molar-refractivity contribution is 7.89. The number of hydrogen-bond acceptors (Lipinski definition) is 4. The Morgan fingerprint density at radius 2 is 1.87 bits per heavy atom. The lowest BCUT2D eigenvalue weighted by Gasteiger charge is -2.21. The van der Waals surface area contributed by atoms with Crippen LogP contribution in [0.4, 0.5) is 0 Å². The molecule has 0 saturated carbocycles. The fourth-order valence-electron chi connectivity index (χ4n) is 1.90. The molecule has 0 bridgehead atoms. The molecule has 1 aromatic heterocycles. The third-order valence-electron chi connectivity index (χ3n) is 3.53. The first-order valence-electron chi connectivity index (χ1n) is 7.21. The predicted molar refractivity (Wildman–Crippen MR) is 92.0 cm³/mol. The number of carbonyl (C=O) groups excluding carboxylic acids is 1. The van der Waals surface area contributed by atoms with E-state index in [1.54, 1.807) is 37.4 Å². The van der Waals surface area contributed by atoms with E-state index in [0.29, 0.717) is 11.4 Å². The molecule has 1 heterocycles. The van der Waals surface area contributed by atoms with E-state index in [0.717, 1.165) is 5.56 Å². The van der Waals surface area contributed by atoms with Crippen molar-refractivity contribution in [3.63, 3.8) is 0 Å². The van der Waals surface area contributed by atoms with E-state index in [9.17, 15) is 13.2 Å². The first kappa shape index (κ1) is 17.7. The molecule has 0 aliphatic carbocycles. The van der Waals surface area contributed by atoms with E-state index >= 15 is 0 Å². The molecule has 0 aliphatic heterocycles. The van der Waals surface area contributed by atoms with Gasteiger partial charge in [0, 0.05) is 19.6 Å². The first-order valence-corrected chi connectivity index (χ1v) is 9.53. The molecule has 0 fully saturated rings. The molecule has 1 aromatic carbocycles. The lowest BCUT2D eigenvalue weighted by molar-refractivity contribution is 0.0955. The zero-order valence-corrected chi connectivity index (χ0v) is 14.9. The molecule has 0 atom stereocenters. The van der Waals surface area contributed by atoms with Gasteiger partial charge in [0.1, 0.15) is 0 Å². The van der Waals surface area contributed by atoms with Crippen molar-refractivity contribution >= 4 is 27.3 Å². The maximum absolute atomic E-state index is 12.4. The maximum Gasteiger partial charge on any atom is 0.261 e. The van der Waals surface area contributed by atoms with Gasteiger partial charge in [0.25, 0.3) is 5.91 Å². The van der Waals surface area contributed by atoms with E-state index in [2.05, 4.69) is 5.32 Å². The van der Waals surface area contributed by atoms with Gasteiger partial charge in [-0.3, -0.25) is 4.79 Å². The minimum atomic E-state index is -3.47. The van der Waals surface area contributed by atoms with Crippen LogP contribution in [0.2, 0.25) is 0 Å². The Hall–Kier alpha value is -1.70. The number of sulfonamides is 1. The molecule has 7 heteroatoms. The summed E-state index contributed by atoms with van der Waals surface area (Å²) in [6, 6.07) is 10.1. The van der Waals surface area contributed by atoms with E-state index in [1.165, 1.54) is 15.6 Å². The summed E-state index contributed by atoms with van der Waals surface area (Å²) in [5, 5.41) is 4.66. The van der Waals surface area contributed by atoms with E-state index in [-0.39, 0.29) is 16.8 Å². The molecule has 1 N–H and O–H groups in total. The van der Waals surface area contributed by atoms with Crippen molar-refractivity contribution in [2.24, 2.45) is 0 Å². The van der Waals surface area contributed by atoms with Crippen molar-refractivity contribution in [1.29, 1.82) is 0 Å². The van der Waals surface area contributed by atoms with Crippen LogP contribution in [-0.4, -0.2) is 31.7 Å². The van der Waals surface area contributed by atoms with Crippen LogP contribution in [0.25, 0.3) is 0 Å². The highest BCUT2D eigenvalue weighted by Crippen LogP contribution is 2.17. The van der Waals surface area contributed by atoms with Crippen molar-refractivity contribution in [1.82, 2.24) is 9.62 Å². The molecule has 0 radical (unpaired) electrons. The summed E-state index contributed by atoms with van der Waals surface area (Å²) < 4.78 is 26.1. The van der Waals surface area contributed by atoms with Crippen LogP contribution in [0.1, 0.15) is 29.1 Å². The number of nitrogens with one attached hydrogen (secondary N) is 1. The van der Waals surface area contributed by atoms with E-state index < -0.39 is 10.0 Å². The number of amides is 1. The van der Waals surface area contributed by atoms with Gasteiger partial charge in [0.2, 0.25) is 10.0 Å². The highest BCUT2D eigenvalue weighted by Gasteiger charge is 2.22. The molecular formula is C16H20N2O3S2. The predicted octanol–water partition coefficient (Wildman–Crippen LogP) is 2.71. The van der Waals surface area contributed by atoms with Gasteiger partial charge in [-0.1, -0.05) is 18.2 Å². The standard InChI is InChI=1S/C16H20N2O3S2/c1-12(2)18(3)23(20,21)14-8-6-13(7-9-14)11-17-16(19)15-5-4-10-22-15/h4-10,12H,11H2,1-3H3,(H,17,19). The molecule has 1 amide bonds. The highest BCUT2D eigenvalue weighted by atomic mass is 32.2. The van der Waals surface area contributed by atoms with Crippen LogP contribution >= 0.6 is 11.3 Å². The summed E-state index contributed by atoms with van der Waals surface area (Å²) in [4.78, 5) is 12.8. The number of hydrogen-bond donors (Lipinski definition) is 1. The Bertz CT molecular complexity index is 751. The van der Waals surface area contributed by atoms with Gasteiger partial charge in [0.15, 0.2) is 0 Å². The minimum absolute atomic E-state index is 0.107. The molecule has 5 nitrogen and oxygen atoms in total. The van der Waals surface area contributed by atoms with Crippen molar-refractivity contribution < 1.29 is 13.2 Å². The monoisotopic (exact) mass is 352 g/mol. The second-order valence-corrected chi connectivity index (χ2v) is 8.36. The number of rotatable bonds is 6. The molecule has 0 unspecified atom stereocenters. The molecule has 0 spiro atoms. The largest absolute Gasteiger partial charge is 0.347 e. The smallest absolute Gasteiger partial charge is 0.261 e. The van der Waals surface area contributed by atoms with Crippen molar-refractivity contribution in [3.05, 3.63) is 52.2 Å². The summed E-state index contributed by atoms with van der Waals surface area (Å²) >= 11 is 1.38. The quantitative estimate of drug-likeness (QED) is 0.869. The Morgan fingerprint density at radius 3 is 2.39 bits per heavy atom. The molecule has 23 heavy (non-hydrogen) atoms. The summed E-state index contributed by atoms with van der Waals surface area (Å²) in [6.07, 6.45) is 0. The lowest BCUT2D eigenvalue weighted by atomic mass is 10.2. The molecule has 124 valence electrons. The number of thiophene rings is 1. The van der Waals surface area contributed by atoms with Crippen molar-refractivity contribution in [2.45, 2.75) is 31.3 Å². The van der Waals surface area contributed by atoms with Crippen molar-refractivity contribution in [3.8, 4) is 0 Å². The second kappa shape index (κ2) is 7.25. The topological polar surface area (TPSA) is 66.5 Å². The fraction of sp³-hybridized carbons (Fsp3) is 0.312. The lowest BCUT2D eigenvalue weighted by Crippen LogP contribution is -2.33. The second-order valence-electron chi connectivity index (χ2n) is 5.42. The van der Waals surface area contributed by atoms with Crippen LogP contribution in [0.15, 0.2) is 46.7 Å². The van der Waals surface area contributed by atoms with Crippen LogP contribution in [0.5, 0.6) is 0 Å². The third kappa shape index (κ3) is 4.19. The van der Waals surface area contributed by atoms with Gasteiger partial charge < -0.3 is 5.32 Å². The molecule has 2 aromatic rings. The zero-order chi connectivity index (χ0) is 17.0.